The molecule has 0 heterocycles. The van der Waals surface area contributed by atoms with Gasteiger partial charge < -0.3 is 14.2 Å². The van der Waals surface area contributed by atoms with Crippen molar-refractivity contribution in [2.75, 3.05) is 13.2 Å². The molecule has 0 aromatic carbocycles. The number of carbonyl (C=O) groups is 3. The minimum absolute atomic E-state index is 0.0820. The van der Waals surface area contributed by atoms with E-state index in [-0.39, 0.29) is 31.1 Å². The van der Waals surface area contributed by atoms with Crippen molar-refractivity contribution in [3.05, 3.63) is 109 Å². The molecule has 6 heteroatoms. The lowest BCUT2D eigenvalue weighted by Crippen LogP contribution is -2.30. The molecule has 6 nitrogen and oxygen atoms in total. The Morgan fingerprint density at radius 3 is 0.903 bits per heavy atom. The van der Waals surface area contributed by atoms with E-state index in [4.69, 9.17) is 14.2 Å². The summed E-state index contributed by atoms with van der Waals surface area (Å²) >= 11 is 0. The number of hydrogen-bond donors (Lipinski definition) is 0. The Kier molecular flexibility index (Phi) is 56.4. The van der Waals surface area contributed by atoms with Crippen LogP contribution in [0.25, 0.3) is 0 Å². The Hall–Kier alpha value is -3.93. The Morgan fingerprint density at radius 1 is 0.292 bits per heavy atom. The monoisotopic (exact) mass is 999 g/mol. The lowest BCUT2D eigenvalue weighted by Gasteiger charge is -2.18. The largest absolute Gasteiger partial charge is 0.462 e. The first-order valence-corrected chi connectivity index (χ1v) is 29.9. The van der Waals surface area contributed by atoms with Crippen LogP contribution in [0.3, 0.4) is 0 Å². The molecule has 410 valence electrons. The first-order valence-electron chi connectivity index (χ1n) is 29.9. The SMILES string of the molecule is CC/C=C\C/C=C\C/C=C\C/C=C\C/C=C\C/C=C\C/C=C\C/C=C\CCCCCCCCCCC(=O)OCC(COC(=O)CCCCCCCCCCCC)OC(=O)CCCCCCC/C=C\CCCC. The van der Waals surface area contributed by atoms with Crippen LogP contribution in [0.4, 0.5) is 0 Å². The van der Waals surface area contributed by atoms with Crippen LogP contribution in [0.1, 0.15) is 271 Å². The third-order valence-electron chi connectivity index (χ3n) is 12.5. The summed E-state index contributed by atoms with van der Waals surface area (Å²) in [5.74, 6) is -0.902. The van der Waals surface area contributed by atoms with Crippen molar-refractivity contribution in [2.45, 2.75) is 277 Å². The standard InChI is InChI=1S/C66H110O6/c1-4-7-10-13-16-19-22-23-24-25-26-27-28-29-30-31-32-33-34-35-36-37-38-39-40-41-42-43-45-47-50-53-56-59-65(68)71-62-63(61-70-64(67)58-55-52-49-46-21-18-15-12-9-6-3)72-66(69)60-57-54-51-48-44-20-17-14-11-8-5-2/h7,10,14,16-17,19,23-24,26-27,29-30,32-33,35-36,38-39,63H,4-6,8-9,11-13,15,18,20-22,25,28,31,34,37,40-62H2,1-3H3/b10-7-,17-14-,19-16-,24-23-,27-26-,30-29-,33-32-,36-35-,39-38-. The highest BCUT2D eigenvalue weighted by molar-refractivity contribution is 5.71. The summed E-state index contributed by atoms with van der Waals surface area (Å²) in [6.07, 6.45) is 81.0. The number of carbonyl (C=O) groups excluding carboxylic acids is 3. The molecule has 0 bridgehead atoms. The van der Waals surface area contributed by atoms with Crippen LogP contribution in [0.2, 0.25) is 0 Å². The number of hydrogen-bond acceptors (Lipinski definition) is 6. The van der Waals surface area contributed by atoms with E-state index in [0.29, 0.717) is 19.3 Å². The van der Waals surface area contributed by atoms with Crippen molar-refractivity contribution >= 4 is 17.9 Å². The average molecular weight is 1000 g/mol. The van der Waals surface area contributed by atoms with E-state index in [0.717, 1.165) is 128 Å². The number of ether oxygens (including phenoxy) is 3. The fourth-order valence-electron chi connectivity index (χ4n) is 8.03. The van der Waals surface area contributed by atoms with Gasteiger partial charge in [-0.3, -0.25) is 14.4 Å². The summed E-state index contributed by atoms with van der Waals surface area (Å²) < 4.78 is 16.8. The van der Waals surface area contributed by atoms with Gasteiger partial charge in [-0.05, 0) is 103 Å². The predicted molar refractivity (Wildman–Crippen MR) is 311 cm³/mol. The molecule has 1 unspecified atom stereocenters. The maximum Gasteiger partial charge on any atom is 0.306 e. The van der Waals surface area contributed by atoms with Gasteiger partial charge in [0.2, 0.25) is 0 Å². The second kappa shape index (κ2) is 59.6. The second-order valence-electron chi connectivity index (χ2n) is 19.5. The zero-order valence-corrected chi connectivity index (χ0v) is 46.9. The summed E-state index contributed by atoms with van der Waals surface area (Å²) in [6, 6.07) is 0. The highest BCUT2D eigenvalue weighted by atomic mass is 16.6. The van der Waals surface area contributed by atoms with Crippen LogP contribution in [-0.4, -0.2) is 37.2 Å². The highest BCUT2D eigenvalue weighted by Crippen LogP contribution is 2.15. The van der Waals surface area contributed by atoms with E-state index < -0.39 is 6.10 Å². The molecule has 0 saturated carbocycles. The van der Waals surface area contributed by atoms with Gasteiger partial charge in [0.1, 0.15) is 13.2 Å². The van der Waals surface area contributed by atoms with Crippen LogP contribution in [0.15, 0.2) is 109 Å². The van der Waals surface area contributed by atoms with Gasteiger partial charge in [0.05, 0.1) is 0 Å². The van der Waals surface area contributed by atoms with Crippen molar-refractivity contribution in [2.24, 2.45) is 0 Å². The zero-order chi connectivity index (χ0) is 52.2. The molecule has 0 aliphatic carbocycles. The van der Waals surface area contributed by atoms with Gasteiger partial charge >= 0.3 is 17.9 Å². The third-order valence-corrected chi connectivity index (χ3v) is 12.5. The molecule has 0 aliphatic heterocycles. The van der Waals surface area contributed by atoms with Crippen molar-refractivity contribution in [3.63, 3.8) is 0 Å². The summed E-state index contributed by atoms with van der Waals surface area (Å²) in [5, 5.41) is 0. The topological polar surface area (TPSA) is 78.9 Å². The molecule has 0 saturated heterocycles. The van der Waals surface area contributed by atoms with E-state index in [1.807, 2.05) is 0 Å². The number of allylic oxidation sites excluding steroid dienone is 18. The normalized spacial score (nSPS) is 12.9. The van der Waals surface area contributed by atoms with Gasteiger partial charge in [-0.2, -0.15) is 0 Å². The molecule has 0 spiro atoms. The first-order chi connectivity index (χ1) is 35.5. The van der Waals surface area contributed by atoms with Gasteiger partial charge in [-0.15, -0.1) is 0 Å². The maximum absolute atomic E-state index is 12.8. The van der Waals surface area contributed by atoms with Crippen LogP contribution < -0.4 is 0 Å². The van der Waals surface area contributed by atoms with Crippen LogP contribution in [-0.2, 0) is 28.6 Å². The number of esters is 3. The van der Waals surface area contributed by atoms with E-state index in [9.17, 15) is 14.4 Å². The van der Waals surface area contributed by atoms with Crippen LogP contribution in [0.5, 0.6) is 0 Å². The molecule has 0 amide bonds. The van der Waals surface area contributed by atoms with Gasteiger partial charge in [-0.25, -0.2) is 0 Å². The smallest absolute Gasteiger partial charge is 0.306 e. The van der Waals surface area contributed by atoms with E-state index in [2.05, 4.69) is 130 Å². The minimum Gasteiger partial charge on any atom is -0.462 e. The molecule has 0 fully saturated rings. The summed E-state index contributed by atoms with van der Waals surface area (Å²) in [5.41, 5.74) is 0. The second-order valence-corrected chi connectivity index (χ2v) is 19.5. The van der Waals surface area contributed by atoms with Crippen molar-refractivity contribution in [3.8, 4) is 0 Å². The van der Waals surface area contributed by atoms with Crippen LogP contribution in [0, 0.1) is 0 Å². The summed E-state index contributed by atoms with van der Waals surface area (Å²) in [6.45, 7) is 6.46. The van der Waals surface area contributed by atoms with Crippen molar-refractivity contribution in [1.29, 1.82) is 0 Å². The maximum atomic E-state index is 12.8. The number of rotatable bonds is 53. The molecule has 0 aliphatic rings. The van der Waals surface area contributed by atoms with Gasteiger partial charge in [-0.1, -0.05) is 259 Å². The van der Waals surface area contributed by atoms with E-state index in [1.54, 1.807) is 0 Å². The Bertz CT molecular complexity index is 1470. The lowest BCUT2D eigenvalue weighted by atomic mass is 10.1. The van der Waals surface area contributed by atoms with Crippen LogP contribution >= 0.6 is 0 Å². The molecule has 0 aromatic rings. The highest BCUT2D eigenvalue weighted by Gasteiger charge is 2.19. The zero-order valence-electron chi connectivity index (χ0n) is 46.9. The quantitative estimate of drug-likeness (QED) is 0.0261. The average Bonchev–Trinajstić information content (AvgIpc) is 3.38. The van der Waals surface area contributed by atoms with Gasteiger partial charge in [0.25, 0.3) is 0 Å². The van der Waals surface area contributed by atoms with Crippen molar-refractivity contribution < 1.29 is 28.6 Å². The first kappa shape index (κ1) is 68.1. The number of unbranched alkanes of at least 4 members (excludes halogenated alkanes) is 24. The minimum atomic E-state index is -0.783. The fourth-order valence-corrected chi connectivity index (χ4v) is 8.03. The third kappa shape index (κ3) is 57.0. The Balaban J connectivity index is 4.16. The molecule has 0 N–H and O–H groups in total. The molecule has 0 rings (SSSR count). The summed E-state index contributed by atoms with van der Waals surface area (Å²) in [4.78, 5) is 38.0. The Labute approximate surface area is 444 Å². The molecule has 0 aromatic heterocycles. The Morgan fingerprint density at radius 2 is 0.556 bits per heavy atom. The van der Waals surface area contributed by atoms with E-state index >= 15 is 0 Å². The van der Waals surface area contributed by atoms with Gasteiger partial charge in [0.15, 0.2) is 6.10 Å². The molecular weight excluding hydrogens is 889 g/mol. The lowest BCUT2D eigenvalue weighted by molar-refractivity contribution is -0.167. The fraction of sp³-hybridized carbons (Fsp3) is 0.682. The molecule has 1 atom stereocenters. The molecule has 72 heavy (non-hydrogen) atoms. The van der Waals surface area contributed by atoms with E-state index in [1.165, 1.54) is 103 Å². The molecule has 0 radical (unpaired) electrons. The van der Waals surface area contributed by atoms with Crippen molar-refractivity contribution in [1.82, 2.24) is 0 Å². The summed E-state index contributed by atoms with van der Waals surface area (Å²) in [7, 11) is 0. The predicted octanol–water partition coefficient (Wildman–Crippen LogP) is 20.3. The molecular formula is C66H110O6. The van der Waals surface area contributed by atoms with Gasteiger partial charge in [0, 0.05) is 19.3 Å².